The molecular weight excluding hydrogens is 222 g/mol. The van der Waals surface area contributed by atoms with Crippen LogP contribution < -0.4 is 5.32 Å². The first-order valence-corrected chi connectivity index (χ1v) is 6.94. The van der Waals surface area contributed by atoms with E-state index in [9.17, 15) is 0 Å². The summed E-state index contributed by atoms with van der Waals surface area (Å²) >= 11 is 0. The van der Waals surface area contributed by atoms with Gasteiger partial charge < -0.3 is 9.73 Å². The second-order valence-electron chi connectivity index (χ2n) is 5.47. The fourth-order valence-electron chi connectivity index (χ4n) is 3.07. The third-order valence-electron chi connectivity index (χ3n) is 4.25. The number of nitrogens with one attached hydrogen (secondary N) is 1. The Morgan fingerprint density at radius 1 is 1.22 bits per heavy atom. The molecule has 0 radical (unpaired) electrons. The molecule has 1 saturated heterocycles. The highest BCUT2D eigenvalue weighted by molar-refractivity contribution is 5.85. The molecule has 0 amide bonds. The number of rotatable bonds is 2. The Kier molecular flexibility index (Phi) is 3.13. The van der Waals surface area contributed by atoms with Crippen molar-refractivity contribution in [1.82, 2.24) is 5.32 Å². The van der Waals surface area contributed by atoms with Crippen LogP contribution in [0.25, 0.3) is 11.0 Å². The van der Waals surface area contributed by atoms with Gasteiger partial charge in [0.05, 0.1) is 0 Å². The van der Waals surface area contributed by atoms with E-state index >= 15 is 0 Å². The zero-order chi connectivity index (χ0) is 12.5. The number of benzene rings is 1. The minimum absolute atomic E-state index is 0.825. The van der Waals surface area contributed by atoms with Gasteiger partial charge in [0.2, 0.25) is 0 Å². The van der Waals surface area contributed by atoms with Gasteiger partial charge in [0.1, 0.15) is 11.3 Å². The van der Waals surface area contributed by atoms with Crippen molar-refractivity contribution in [2.24, 2.45) is 5.92 Å². The van der Waals surface area contributed by atoms with Crippen molar-refractivity contribution in [1.29, 1.82) is 0 Å². The van der Waals surface area contributed by atoms with Gasteiger partial charge in [-0.15, -0.1) is 0 Å². The van der Waals surface area contributed by atoms with E-state index in [1.165, 1.54) is 48.9 Å². The normalized spacial score (nSPS) is 17.4. The van der Waals surface area contributed by atoms with Crippen molar-refractivity contribution in [2.45, 2.75) is 33.1 Å². The molecule has 2 aromatic rings. The molecule has 18 heavy (non-hydrogen) atoms. The molecule has 0 spiro atoms. The summed E-state index contributed by atoms with van der Waals surface area (Å²) in [4.78, 5) is 0. The summed E-state index contributed by atoms with van der Waals surface area (Å²) in [5.41, 5.74) is 3.83. The van der Waals surface area contributed by atoms with Crippen molar-refractivity contribution in [3.8, 4) is 0 Å². The summed E-state index contributed by atoms with van der Waals surface area (Å²) in [6.07, 6.45) is 3.79. The van der Waals surface area contributed by atoms with Gasteiger partial charge in [-0.1, -0.05) is 12.1 Å². The summed E-state index contributed by atoms with van der Waals surface area (Å²) in [7, 11) is 0. The van der Waals surface area contributed by atoms with Gasteiger partial charge >= 0.3 is 0 Å². The summed E-state index contributed by atoms with van der Waals surface area (Å²) < 4.78 is 5.82. The molecule has 0 bridgehead atoms. The van der Waals surface area contributed by atoms with Crippen LogP contribution >= 0.6 is 0 Å². The lowest BCUT2D eigenvalue weighted by molar-refractivity contribution is 0.373. The van der Waals surface area contributed by atoms with Crippen molar-refractivity contribution >= 4 is 11.0 Å². The molecule has 0 saturated carbocycles. The van der Waals surface area contributed by atoms with Crippen LogP contribution in [-0.4, -0.2) is 13.1 Å². The third-order valence-corrected chi connectivity index (χ3v) is 4.25. The van der Waals surface area contributed by atoms with Crippen LogP contribution in [0.1, 0.15) is 29.7 Å². The van der Waals surface area contributed by atoms with Crippen molar-refractivity contribution in [3.05, 3.63) is 35.1 Å². The predicted molar refractivity (Wildman–Crippen MR) is 75.0 cm³/mol. The summed E-state index contributed by atoms with van der Waals surface area (Å²) in [6.45, 7) is 6.57. The maximum absolute atomic E-state index is 5.82. The van der Waals surface area contributed by atoms with E-state index in [-0.39, 0.29) is 0 Å². The average molecular weight is 243 g/mol. The molecule has 0 unspecified atom stereocenters. The van der Waals surface area contributed by atoms with Gasteiger partial charge in [-0.25, -0.2) is 0 Å². The van der Waals surface area contributed by atoms with Crippen LogP contribution in [-0.2, 0) is 6.42 Å². The molecule has 0 aliphatic carbocycles. The molecule has 1 aromatic carbocycles. The maximum atomic E-state index is 5.82. The van der Waals surface area contributed by atoms with E-state index in [0.29, 0.717) is 0 Å². The van der Waals surface area contributed by atoms with E-state index in [1.54, 1.807) is 0 Å². The Labute approximate surface area is 108 Å². The summed E-state index contributed by atoms with van der Waals surface area (Å²) in [6, 6.07) is 6.48. The number of hydrogen-bond acceptors (Lipinski definition) is 2. The van der Waals surface area contributed by atoms with E-state index in [0.717, 1.165) is 17.3 Å². The quantitative estimate of drug-likeness (QED) is 0.872. The van der Waals surface area contributed by atoms with Crippen LogP contribution in [0.15, 0.2) is 22.6 Å². The standard InChI is InChI=1S/C16H21NO/c1-11-12(2)18-15-5-3-4-14(16(11)15)10-13-6-8-17-9-7-13/h3-5,13,17H,6-10H2,1-2H3. The van der Waals surface area contributed by atoms with Gasteiger partial charge in [0.25, 0.3) is 0 Å². The largest absolute Gasteiger partial charge is 0.461 e. The lowest BCUT2D eigenvalue weighted by Gasteiger charge is -2.22. The lowest BCUT2D eigenvalue weighted by atomic mass is 9.89. The summed E-state index contributed by atoms with van der Waals surface area (Å²) in [5, 5.41) is 4.79. The van der Waals surface area contributed by atoms with Gasteiger partial charge in [-0.3, -0.25) is 0 Å². The molecule has 1 aliphatic rings. The monoisotopic (exact) mass is 243 g/mol. The predicted octanol–water partition coefficient (Wildman–Crippen LogP) is 3.59. The Bertz CT molecular complexity index is 549. The highest BCUT2D eigenvalue weighted by Crippen LogP contribution is 2.30. The van der Waals surface area contributed by atoms with Crippen molar-refractivity contribution in [3.63, 3.8) is 0 Å². The van der Waals surface area contributed by atoms with Gasteiger partial charge in [-0.05, 0) is 69.3 Å². The molecule has 2 nitrogen and oxygen atoms in total. The highest BCUT2D eigenvalue weighted by Gasteiger charge is 2.17. The van der Waals surface area contributed by atoms with Crippen LogP contribution in [0.5, 0.6) is 0 Å². The van der Waals surface area contributed by atoms with Gasteiger partial charge in [-0.2, -0.15) is 0 Å². The van der Waals surface area contributed by atoms with Gasteiger partial charge in [0, 0.05) is 5.39 Å². The zero-order valence-corrected chi connectivity index (χ0v) is 11.3. The maximum Gasteiger partial charge on any atom is 0.134 e. The zero-order valence-electron chi connectivity index (χ0n) is 11.3. The molecule has 96 valence electrons. The van der Waals surface area contributed by atoms with E-state index < -0.39 is 0 Å². The molecule has 0 atom stereocenters. The number of furan rings is 1. The van der Waals surface area contributed by atoms with Crippen LogP contribution in [0.3, 0.4) is 0 Å². The summed E-state index contributed by atoms with van der Waals surface area (Å²) in [5.74, 6) is 1.88. The highest BCUT2D eigenvalue weighted by atomic mass is 16.3. The number of aryl methyl sites for hydroxylation is 2. The van der Waals surface area contributed by atoms with Crippen molar-refractivity contribution < 1.29 is 4.42 Å². The molecule has 1 aliphatic heterocycles. The second kappa shape index (κ2) is 4.77. The fraction of sp³-hybridized carbons (Fsp3) is 0.500. The molecule has 2 heteroatoms. The number of hydrogen-bond donors (Lipinski definition) is 1. The number of piperidine rings is 1. The molecule has 3 rings (SSSR count). The second-order valence-corrected chi connectivity index (χ2v) is 5.47. The lowest BCUT2D eigenvalue weighted by Crippen LogP contribution is -2.28. The van der Waals surface area contributed by atoms with Crippen LogP contribution in [0.4, 0.5) is 0 Å². The SMILES string of the molecule is Cc1oc2cccc(CC3CCNCC3)c2c1C. The minimum atomic E-state index is 0.825. The molecular formula is C16H21NO. The first kappa shape index (κ1) is 11.8. The van der Waals surface area contributed by atoms with E-state index in [1.807, 2.05) is 0 Å². The van der Waals surface area contributed by atoms with E-state index in [2.05, 4.69) is 37.4 Å². The molecule has 1 fully saturated rings. The van der Waals surface area contributed by atoms with E-state index in [4.69, 9.17) is 4.42 Å². The Morgan fingerprint density at radius 3 is 2.78 bits per heavy atom. The molecule has 1 N–H and O–H groups in total. The average Bonchev–Trinajstić information content (AvgIpc) is 2.67. The first-order chi connectivity index (χ1) is 8.75. The molecule has 2 heterocycles. The fourth-order valence-corrected chi connectivity index (χ4v) is 3.07. The third kappa shape index (κ3) is 2.05. The smallest absolute Gasteiger partial charge is 0.134 e. The van der Waals surface area contributed by atoms with Crippen LogP contribution in [0.2, 0.25) is 0 Å². The van der Waals surface area contributed by atoms with Gasteiger partial charge in [0.15, 0.2) is 0 Å². The Hall–Kier alpha value is -1.28. The Morgan fingerprint density at radius 2 is 2.00 bits per heavy atom. The minimum Gasteiger partial charge on any atom is -0.461 e. The number of fused-ring (bicyclic) bond motifs is 1. The first-order valence-electron chi connectivity index (χ1n) is 6.94. The molecule has 1 aromatic heterocycles. The van der Waals surface area contributed by atoms with Crippen molar-refractivity contribution in [2.75, 3.05) is 13.1 Å². The Balaban J connectivity index is 1.95. The van der Waals surface area contributed by atoms with Crippen LogP contribution in [0, 0.1) is 19.8 Å². The topological polar surface area (TPSA) is 25.2 Å².